The van der Waals surface area contributed by atoms with Crippen molar-refractivity contribution in [2.75, 3.05) is 19.6 Å². The molecule has 3 aromatic rings. The summed E-state index contributed by atoms with van der Waals surface area (Å²) in [5, 5.41) is 6.98. The van der Waals surface area contributed by atoms with E-state index < -0.39 is 0 Å². The molecule has 30 heavy (non-hydrogen) atoms. The number of nitrogens with one attached hydrogen (secondary N) is 1. The zero-order valence-corrected chi connectivity index (χ0v) is 18.9. The first-order valence-corrected chi connectivity index (χ1v) is 11.5. The molecule has 0 spiro atoms. The normalized spacial score (nSPS) is 16.4. The van der Waals surface area contributed by atoms with Crippen molar-refractivity contribution < 1.29 is 14.6 Å². The molecular weight excluding hydrogens is 374 g/mol. The number of nitrogens with zero attached hydrogens (tertiary/aromatic N) is 3. The first kappa shape index (κ1) is 20.9. The van der Waals surface area contributed by atoms with Crippen LogP contribution in [0.4, 0.5) is 0 Å². The zero-order chi connectivity index (χ0) is 21.1. The van der Waals surface area contributed by atoms with Gasteiger partial charge >= 0.3 is 0 Å². The molecule has 162 valence electrons. The van der Waals surface area contributed by atoms with Crippen LogP contribution >= 0.6 is 0 Å². The van der Waals surface area contributed by atoms with E-state index in [9.17, 15) is 0 Å². The summed E-state index contributed by atoms with van der Waals surface area (Å²) in [5.74, 6) is 2.28. The van der Waals surface area contributed by atoms with Crippen LogP contribution < -0.4 is 10.2 Å². The number of piperidine rings is 1. The van der Waals surface area contributed by atoms with Gasteiger partial charge in [-0.25, -0.2) is 4.68 Å². The summed E-state index contributed by atoms with van der Waals surface area (Å²) in [6.07, 6.45) is 7.75. The molecule has 6 heteroatoms. The van der Waals surface area contributed by atoms with Crippen LogP contribution in [0.2, 0.25) is 0 Å². The minimum Gasteiger partial charge on any atom is -0.463 e. The third-order valence-corrected chi connectivity index (χ3v) is 6.55. The minimum atomic E-state index is 0.341. The standard InChI is InChI=1S/C24H35N5O/c1-18(2)29-24(10-11-26-29)28-19(3)15-21(20(28)4)16-25-17-22(23-9-8-14-30-23)27-12-6-5-7-13-27/h8-11,14-15,18,22,25H,5-7,12-13,16-17H2,1-4H3/p+2/t22-/m0/s1. The van der Waals surface area contributed by atoms with Gasteiger partial charge in [-0.05, 0) is 65.2 Å². The Hall–Kier alpha value is -2.31. The van der Waals surface area contributed by atoms with Crippen LogP contribution in [0, 0.1) is 13.8 Å². The molecule has 1 atom stereocenters. The molecule has 4 heterocycles. The van der Waals surface area contributed by atoms with Crippen molar-refractivity contribution in [2.24, 2.45) is 0 Å². The molecule has 1 aliphatic heterocycles. The highest BCUT2D eigenvalue weighted by Crippen LogP contribution is 2.22. The van der Waals surface area contributed by atoms with Crippen LogP contribution in [0.25, 0.3) is 5.82 Å². The van der Waals surface area contributed by atoms with E-state index in [2.05, 4.69) is 65.6 Å². The first-order valence-electron chi connectivity index (χ1n) is 11.5. The Balaban J connectivity index is 1.47. The molecule has 0 radical (unpaired) electrons. The maximum atomic E-state index is 5.83. The summed E-state index contributed by atoms with van der Waals surface area (Å²) < 4.78 is 10.3. The van der Waals surface area contributed by atoms with Crippen molar-refractivity contribution in [2.45, 2.75) is 65.6 Å². The van der Waals surface area contributed by atoms with Gasteiger partial charge in [-0.15, -0.1) is 0 Å². The number of rotatable bonds is 8. The number of likely N-dealkylation sites (tertiary alicyclic amines) is 1. The van der Waals surface area contributed by atoms with E-state index in [-0.39, 0.29) is 0 Å². The van der Waals surface area contributed by atoms with E-state index in [0.717, 1.165) is 24.7 Å². The number of hydrogen-bond donors (Lipinski definition) is 2. The number of hydrogen-bond acceptors (Lipinski definition) is 2. The fourth-order valence-corrected chi connectivity index (χ4v) is 5.00. The van der Waals surface area contributed by atoms with Gasteiger partial charge in [0.15, 0.2) is 11.8 Å². The van der Waals surface area contributed by atoms with E-state index in [4.69, 9.17) is 4.42 Å². The van der Waals surface area contributed by atoms with Crippen molar-refractivity contribution in [3.05, 3.63) is 59.4 Å². The highest BCUT2D eigenvalue weighted by molar-refractivity contribution is 5.36. The third kappa shape index (κ3) is 4.25. The molecule has 0 unspecified atom stereocenters. The van der Waals surface area contributed by atoms with Gasteiger partial charge in [0.2, 0.25) is 0 Å². The topological polar surface area (TPSA) is 56.9 Å². The molecule has 3 aromatic heterocycles. The van der Waals surface area contributed by atoms with Gasteiger partial charge in [0.05, 0.1) is 25.5 Å². The Kier molecular flexibility index (Phi) is 6.44. The lowest BCUT2D eigenvalue weighted by Crippen LogP contribution is -3.15. The Bertz CT molecular complexity index is 931. The molecule has 4 rings (SSSR count). The lowest BCUT2D eigenvalue weighted by Gasteiger charge is -2.29. The number of aryl methyl sites for hydroxylation is 1. The molecular formula is C24H37N5O+2. The summed E-state index contributed by atoms with van der Waals surface area (Å²) in [6.45, 7) is 13.3. The van der Waals surface area contributed by atoms with Gasteiger partial charge in [0, 0.05) is 29.1 Å². The quantitative estimate of drug-likeness (QED) is 0.598. The highest BCUT2D eigenvalue weighted by Gasteiger charge is 2.29. The number of nitrogens with two attached hydrogens (primary N) is 1. The van der Waals surface area contributed by atoms with Crippen LogP contribution in [-0.4, -0.2) is 34.0 Å². The Labute approximate surface area is 179 Å². The largest absolute Gasteiger partial charge is 0.463 e. The monoisotopic (exact) mass is 411 g/mol. The maximum Gasteiger partial charge on any atom is 0.195 e. The molecule has 1 fully saturated rings. The van der Waals surface area contributed by atoms with E-state index in [0.29, 0.717) is 12.1 Å². The van der Waals surface area contributed by atoms with Crippen LogP contribution in [0.15, 0.2) is 41.1 Å². The number of furan rings is 1. The second kappa shape index (κ2) is 9.23. The van der Waals surface area contributed by atoms with Crippen molar-refractivity contribution >= 4 is 0 Å². The van der Waals surface area contributed by atoms with Crippen LogP contribution in [-0.2, 0) is 6.54 Å². The molecule has 1 aliphatic rings. The van der Waals surface area contributed by atoms with E-state index in [1.165, 1.54) is 49.3 Å². The van der Waals surface area contributed by atoms with Gasteiger partial charge in [-0.3, -0.25) is 0 Å². The smallest absolute Gasteiger partial charge is 0.195 e. The molecule has 0 saturated carbocycles. The highest BCUT2D eigenvalue weighted by atomic mass is 16.3. The summed E-state index contributed by atoms with van der Waals surface area (Å²) in [7, 11) is 0. The third-order valence-electron chi connectivity index (χ3n) is 6.55. The van der Waals surface area contributed by atoms with E-state index in [1.807, 2.05) is 18.5 Å². The molecule has 6 nitrogen and oxygen atoms in total. The molecule has 0 aromatic carbocycles. The fraction of sp³-hybridized carbons (Fsp3) is 0.542. The summed E-state index contributed by atoms with van der Waals surface area (Å²) in [4.78, 5) is 1.68. The zero-order valence-electron chi connectivity index (χ0n) is 18.9. The SMILES string of the molecule is Cc1cc(C[NH2+]C[C@@H](c2ccco2)[NH+]2CCCCC2)c(C)n1-c1ccnn1C(C)C. The minimum absolute atomic E-state index is 0.341. The number of aromatic nitrogens is 3. The molecule has 1 saturated heterocycles. The average Bonchev–Trinajstić information content (AvgIpc) is 3.47. The van der Waals surface area contributed by atoms with E-state index >= 15 is 0 Å². The maximum absolute atomic E-state index is 5.83. The van der Waals surface area contributed by atoms with Gasteiger partial charge in [0.25, 0.3) is 0 Å². The van der Waals surface area contributed by atoms with Crippen molar-refractivity contribution in [3.63, 3.8) is 0 Å². The predicted molar refractivity (Wildman–Crippen MR) is 118 cm³/mol. The van der Waals surface area contributed by atoms with Gasteiger partial charge < -0.3 is 19.2 Å². The molecule has 0 amide bonds. The lowest BCUT2D eigenvalue weighted by atomic mass is 10.1. The summed E-state index contributed by atoms with van der Waals surface area (Å²) in [6, 6.07) is 9.40. The predicted octanol–water partition coefficient (Wildman–Crippen LogP) is 2.34. The summed E-state index contributed by atoms with van der Waals surface area (Å²) >= 11 is 0. The Morgan fingerprint density at radius 1 is 1.17 bits per heavy atom. The van der Waals surface area contributed by atoms with Crippen LogP contribution in [0.5, 0.6) is 0 Å². The van der Waals surface area contributed by atoms with Gasteiger partial charge in [-0.1, -0.05) is 0 Å². The fourth-order valence-electron chi connectivity index (χ4n) is 5.00. The van der Waals surface area contributed by atoms with Crippen molar-refractivity contribution in [1.82, 2.24) is 14.3 Å². The first-order chi connectivity index (χ1) is 14.6. The average molecular weight is 412 g/mol. The Morgan fingerprint density at radius 2 is 1.97 bits per heavy atom. The lowest BCUT2D eigenvalue weighted by molar-refractivity contribution is -0.951. The van der Waals surface area contributed by atoms with Crippen molar-refractivity contribution in [1.29, 1.82) is 0 Å². The van der Waals surface area contributed by atoms with E-state index in [1.54, 1.807) is 4.90 Å². The second-order valence-corrected chi connectivity index (χ2v) is 8.97. The molecule has 0 aliphatic carbocycles. The molecule has 3 N–H and O–H groups in total. The number of quaternary nitrogens is 2. The Morgan fingerprint density at radius 3 is 2.67 bits per heavy atom. The summed E-state index contributed by atoms with van der Waals surface area (Å²) in [5.41, 5.74) is 3.98. The molecule has 0 bridgehead atoms. The van der Waals surface area contributed by atoms with Gasteiger partial charge in [0.1, 0.15) is 18.9 Å². The van der Waals surface area contributed by atoms with Crippen LogP contribution in [0.1, 0.15) is 67.9 Å². The second-order valence-electron chi connectivity index (χ2n) is 8.97. The van der Waals surface area contributed by atoms with Crippen molar-refractivity contribution in [3.8, 4) is 5.82 Å². The van der Waals surface area contributed by atoms with Gasteiger partial charge in [-0.2, -0.15) is 5.10 Å². The van der Waals surface area contributed by atoms with Crippen LogP contribution in [0.3, 0.4) is 0 Å².